The van der Waals surface area contributed by atoms with Gasteiger partial charge in [-0.3, -0.25) is 0 Å². The molecular formula is C26H43GeN3P. The summed E-state index contributed by atoms with van der Waals surface area (Å²) in [5.41, 5.74) is 7.89. The van der Waals surface area contributed by atoms with Crippen LogP contribution in [0.4, 0.5) is 5.69 Å². The number of aryl methyl sites for hydroxylation is 3. The molecule has 4 rings (SSSR count). The Morgan fingerprint density at radius 1 is 0.871 bits per heavy atom. The van der Waals surface area contributed by atoms with Gasteiger partial charge in [-0.25, -0.2) is 0 Å². The van der Waals surface area contributed by atoms with E-state index in [1.54, 1.807) is 5.70 Å². The number of anilines is 1. The number of rotatable bonds is 3. The van der Waals surface area contributed by atoms with Gasteiger partial charge in [-0.05, 0) is 0 Å². The Bertz CT molecular complexity index is 850. The van der Waals surface area contributed by atoms with Gasteiger partial charge in [0.2, 0.25) is 0 Å². The second-order valence-electron chi connectivity index (χ2n) is 12.0. The fourth-order valence-corrected chi connectivity index (χ4v) is 12.0. The van der Waals surface area contributed by atoms with Gasteiger partial charge in [0.25, 0.3) is 0 Å². The first-order chi connectivity index (χ1) is 14.3. The standard InChI is InChI=1S/C26H43GeN3P/c1-17-14-18(2)22(19(3)15-17)30(27)23-20-10-11-21(16-20)24(23)31-28(25(4,5)6)12-13-29(31)26(7,8)9/h14-15,20-21H,10-13,16,27H2,1-9H3/t20-,21+/m1/s1. The average Bonchev–Trinajstić information content (AvgIpc) is 3.32. The number of nitrogens with zero attached hydrogens (tertiary/aromatic N) is 3. The summed E-state index contributed by atoms with van der Waals surface area (Å²) in [6.45, 7) is 23.8. The van der Waals surface area contributed by atoms with E-state index in [1.165, 1.54) is 71.5 Å². The quantitative estimate of drug-likeness (QED) is 0.365. The summed E-state index contributed by atoms with van der Waals surface area (Å²) in [7, 11) is -0.427. The van der Waals surface area contributed by atoms with Crippen molar-refractivity contribution in [1.29, 1.82) is 0 Å². The molecule has 1 aromatic rings. The van der Waals surface area contributed by atoms with E-state index in [0.29, 0.717) is 0 Å². The molecule has 2 bridgehead atoms. The normalized spacial score (nSPS) is 25.9. The first-order valence-corrected chi connectivity index (χ1v) is 14.7. The van der Waals surface area contributed by atoms with Crippen molar-refractivity contribution in [1.82, 2.24) is 9.34 Å². The summed E-state index contributed by atoms with van der Waals surface area (Å²) in [6, 6.07) is 4.75. The zero-order valence-corrected chi connectivity index (χ0v) is 25.2. The Kier molecular flexibility index (Phi) is 6.26. The molecule has 5 heteroatoms. The van der Waals surface area contributed by atoms with Gasteiger partial charge < -0.3 is 0 Å². The van der Waals surface area contributed by atoms with Gasteiger partial charge in [-0.15, -0.1) is 0 Å². The van der Waals surface area contributed by atoms with Crippen LogP contribution in [0.1, 0.15) is 77.5 Å². The van der Waals surface area contributed by atoms with Crippen molar-refractivity contribution in [3.8, 4) is 0 Å². The minimum atomic E-state index is -0.427. The Morgan fingerprint density at radius 3 is 1.84 bits per heavy atom. The molecule has 0 unspecified atom stereocenters. The van der Waals surface area contributed by atoms with Gasteiger partial charge in [-0.2, -0.15) is 0 Å². The number of allylic oxidation sites excluding steroid dienone is 2. The first-order valence-electron chi connectivity index (χ1n) is 12.1. The van der Waals surface area contributed by atoms with Crippen LogP contribution < -0.4 is 3.86 Å². The predicted octanol–water partition coefficient (Wildman–Crippen LogP) is 6.13. The molecule has 0 aromatic heterocycles. The summed E-state index contributed by atoms with van der Waals surface area (Å²) >= 11 is 1.18. The summed E-state index contributed by atoms with van der Waals surface area (Å²) in [5, 5.41) is 1.83. The molecule has 0 spiro atoms. The molecular weight excluding hydrogens is 458 g/mol. The molecule has 1 saturated heterocycles. The van der Waals surface area contributed by atoms with E-state index < -0.39 is 8.22 Å². The molecule has 31 heavy (non-hydrogen) atoms. The van der Waals surface area contributed by atoms with Gasteiger partial charge in [0.05, 0.1) is 0 Å². The maximum absolute atomic E-state index is 2.87. The molecule has 1 radical (unpaired) electrons. The maximum atomic E-state index is 2.87. The van der Waals surface area contributed by atoms with Crippen molar-refractivity contribution in [3.05, 3.63) is 39.8 Å². The molecule has 0 amide bonds. The van der Waals surface area contributed by atoms with E-state index in [1.807, 2.05) is 5.31 Å². The monoisotopic (exact) mass is 502 g/mol. The third-order valence-electron chi connectivity index (χ3n) is 7.41. The van der Waals surface area contributed by atoms with Crippen LogP contribution in [0.3, 0.4) is 0 Å². The third kappa shape index (κ3) is 4.18. The van der Waals surface area contributed by atoms with Crippen molar-refractivity contribution in [3.63, 3.8) is 0 Å². The first kappa shape index (κ1) is 23.8. The van der Waals surface area contributed by atoms with Gasteiger partial charge >= 0.3 is 201 Å². The van der Waals surface area contributed by atoms with Crippen LogP contribution in [-0.2, 0) is 0 Å². The molecule has 3 nitrogen and oxygen atoms in total. The SMILES string of the molecule is Cc1cc(C)c([N]([GeH2])C2=C(P3N(C(C)(C)C)CCN3C(C)(C)C)[C@H]3CC[C@@H]2C3)c(C)c1. The number of hydrogen-bond acceptors (Lipinski definition) is 3. The van der Waals surface area contributed by atoms with Crippen LogP contribution in [0.2, 0.25) is 0 Å². The van der Waals surface area contributed by atoms with Gasteiger partial charge in [0.15, 0.2) is 0 Å². The fraction of sp³-hybridized carbons (Fsp3) is 0.692. The summed E-state index contributed by atoms with van der Waals surface area (Å²) in [5.74, 6) is 1.56. The van der Waals surface area contributed by atoms with Crippen molar-refractivity contribution in [2.24, 2.45) is 11.8 Å². The number of benzene rings is 1. The molecule has 1 heterocycles. The predicted molar refractivity (Wildman–Crippen MR) is 139 cm³/mol. The summed E-state index contributed by atoms with van der Waals surface area (Å²) < 4.78 is 8.48. The Hall–Kier alpha value is -0.347. The van der Waals surface area contributed by atoms with Crippen LogP contribution in [0.5, 0.6) is 0 Å². The van der Waals surface area contributed by atoms with Crippen molar-refractivity contribution >= 4 is 30.6 Å². The Morgan fingerprint density at radius 2 is 1.35 bits per heavy atom. The van der Waals surface area contributed by atoms with Crippen molar-refractivity contribution in [2.45, 2.75) is 92.7 Å². The third-order valence-corrected chi connectivity index (χ3v) is 12.3. The van der Waals surface area contributed by atoms with Crippen molar-refractivity contribution in [2.75, 3.05) is 16.9 Å². The van der Waals surface area contributed by atoms with Crippen molar-refractivity contribution < 1.29 is 0 Å². The van der Waals surface area contributed by atoms with Gasteiger partial charge in [0, 0.05) is 0 Å². The Balaban J connectivity index is 1.87. The van der Waals surface area contributed by atoms with E-state index in [9.17, 15) is 0 Å². The van der Waals surface area contributed by atoms with E-state index in [2.05, 4.69) is 87.6 Å². The summed E-state index contributed by atoms with van der Waals surface area (Å²) in [4.78, 5) is 0. The molecule has 2 atom stereocenters. The van der Waals surface area contributed by atoms with Crippen LogP contribution in [0.15, 0.2) is 23.1 Å². The molecule has 0 N–H and O–H groups in total. The minimum absolute atomic E-state index is 0.205. The zero-order valence-electron chi connectivity index (χ0n) is 21.3. The van der Waals surface area contributed by atoms with E-state index in [4.69, 9.17) is 0 Å². The van der Waals surface area contributed by atoms with Crippen LogP contribution in [0.25, 0.3) is 0 Å². The van der Waals surface area contributed by atoms with E-state index in [0.717, 1.165) is 11.8 Å². The Labute approximate surface area is 200 Å². The zero-order chi connectivity index (χ0) is 22.9. The molecule has 3 aliphatic rings. The second-order valence-corrected chi connectivity index (χ2v) is 15.4. The topological polar surface area (TPSA) is 9.72 Å². The average molecular weight is 501 g/mol. The van der Waals surface area contributed by atoms with Crippen LogP contribution >= 0.6 is 8.22 Å². The molecule has 2 aliphatic carbocycles. The second kappa shape index (κ2) is 8.15. The van der Waals surface area contributed by atoms with E-state index >= 15 is 0 Å². The number of fused-ring (bicyclic) bond motifs is 2. The van der Waals surface area contributed by atoms with E-state index in [-0.39, 0.29) is 11.1 Å². The molecule has 2 fully saturated rings. The fourth-order valence-electron chi connectivity index (χ4n) is 6.25. The van der Waals surface area contributed by atoms with Gasteiger partial charge in [-0.1, -0.05) is 0 Å². The molecule has 1 aromatic carbocycles. The molecule has 1 aliphatic heterocycles. The molecule has 1 saturated carbocycles. The van der Waals surface area contributed by atoms with Crippen LogP contribution in [0, 0.1) is 32.6 Å². The summed E-state index contributed by atoms with van der Waals surface area (Å²) in [6.07, 6.45) is 4.18. The van der Waals surface area contributed by atoms with Crippen LogP contribution in [-0.4, -0.2) is 50.2 Å². The molecule has 171 valence electrons. The van der Waals surface area contributed by atoms with Gasteiger partial charge in [0.1, 0.15) is 0 Å². The number of hydrogen-bond donors (Lipinski definition) is 0.